The molecule has 0 saturated carbocycles. The number of aromatic nitrogens is 1. The molecule has 2 aromatic carbocycles. The second-order valence-electron chi connectivity index (χ2n) is 10.7. The Hall–Kier alpha value is -3.58. The predicted molar refractivity (Wildman–Crippen MR) is 168 cm³/mol. The average Bonchev–Trinajstić information content (AvgIpc) is 3.44. The molecule has 0 aliphatic carbocycles. The minimum absolute atomic E-state index is 0.0521. The van der Waals surface area contributed by atoms with Gasteiger partial charge in [-0.1, -0.05) is 75.1 Å². The first-order valence-corrected chi connectivity index (χ1v) is 15.5. The Balaban J connectivity index is 1.75. The third-order valence-corrected chi connectivity index (χ3v) is 7.43. The summed E-state index contributed by atoms with van der Waals surface area (Å²) >= 11 is 0. The fourth-order valence-electron chi connectivity index (χ4n) is 5.04. The van der Waals surface area contributed by atoms with Crippen LogP contribution in [-0.4, -0.2) is 59.6 Å². The van der Waals surface area contributed by atoms with E-state index in [1.165, 1.54) is 12.8 Å². The van der Waals surface area contributed by atoms with Crippen molar-refractivity contribution < 1.29 is 19.1 Å². The van der Waals surface area contributed by atoms with Crippen molar-refractivity contribution in [2.24, 2.45) is 0 Å². The average molecular weight is 576 g/mol. The Kier molecular flexibility index (Phi) is 14.7. The van der Waals surface area contributed by atoms with Gasteiger partial charge in [-0.05, 0) is 55.2 Å². The van der Waals surface area contributed by atoms with Crippen molar-refractivity contribution in [1.29, 1.82) is 0 Å². The fourth-order valence-corrected chi connectivity index (χ4v) is 5.04. The molecule has 0 saturated heterocycles. The maximum Gasteiger partial charge on any atom is 0.242 e. The van der Waals surface area contributed by atoms with Gasteiger partial charge in [0.15, 0.2) is 0 Å². The van der Waals surface area contributed by atoms with Crippen LogP contribution in [-0.2, 0) is 34.0 Å². The van der Waals surface area contributed by atoms with Crippen LogP contribution in [0.3, 0.4) is 0 Å². The molecule has 7 nitrogen and oxygen atoms in total. The Bertz CT molecular complexity index is 1190. The molecule has 0 radical (unpaired) electrons. The van der Waals surface area contributed by atoms with Gasteiger partial charge >= 0.3 is 0 Å². The van der Waals surface area contributed by atoms with Crippen molar-refractivity contribution in [3.8, 4) is 5.75 Å². The highest BCUT2D eigenvalue weighted by Crippen LogP contribution is 2.18. The van der Waals surface area contributed by atoms with Crippen LogP contribution in [0.1, 0.15) is 75.6 Å². The molecular weight excluding hydrogens is 526 g/mol. The van der Waals surface area contributed by atoms with Crippen LogP contribution in [0.5, 0.6) is 5.75 Å². The summed E-state index contributed by atoms with van der Waals surface area (Å²) in [4.78, 5) is 30.8. The third-order valence-electron chi connectivity index (χ3n) is 7.43. The standard InChI is InChI=1S/C35H49N3O4/c1-4-6-7-8-12-21-34(39)37(23-15-24-42-5-2)29-35(40)38(26-30-16-10-9-11-17-30)28-32-19-14-22-36(32)27-31-18-13-20-33(25-31)41-3/h9-11,13-14,16-20,22,25H,4-8,12,15,21,23-24,26-29H2,1-3H3. The quantitative estimate of drug-likeness (QED) is 0.141. The van der Waals surface area contributed by atoms with Gasteiger partial charge in [0, 0.05) is 51.2 Å². The monoisotopic (exact) mass is 575 g/mol. The van der Waals surface area contributed by atoms with E-state index in [9.17, 15) is 9.59 Å². The molecule has 0 spiro atoms. The first-order chi connectivity index (χ1) is 20.5. The molecule has 3 aromatic rings. The summed E-state index contributed by atoms with van der Waals surface area (Å²) in [6, 6.07) is 22.2. The highest BCUT2D eigenvalue weighted by molar-refractivity contribution is 5.84. The van der Waals surface area contributed by atoms with Crippen molar-refractivity contribution in [2.45, 2.75) is 78.4 Å². The first-order valence-electron chi connectivity index (χ1n) is 15.5. The normalized spacial score (nSPS) is 10.9. The maximum absolute atomic E-state index is 13.9. The number of amides is 2. The maximum atomic E-state index is 13.9. The van der Waals surface area contributed by atoms with Gasteiger partial charge < -0.3 is 23.8 Å². The van der Waals surface area contributed by atoms with E-state index in [1.54, 1.807) is 12.0 Å². The van der Waals surface area contributed by atoms with Crippen LogP contribution < -0.4 is 4.74 Å². The fraction of sp³-hybridized carbons (Fsp3) is 0.486. The summed E-state index contributed by atoms with van der Waals surface area (Å²) in [6.45, 7) is 7.56. The number of hydrogen-bond donors (Lipinski definition) is 0. The second kappa shape index (κ2) is 18.8. The SMILES string of the molecule is CCCCCCCC(=O)N(CCCOCC)CC(=O)N(Cc1ccccc1)Cc1cccn1Cc1cccc(OC)c1. The lowest BCUT2D eigenvalue weighted by atomic mass is 10.1. The molecule has 0 aliphatic rings. The van der Waals surface area contributed by atoms with Crippen LogP contribution >= 0.6 is 0 Å². The molecule has 228 valence electrons. The first kappa shape index (κ1) is 32.9. The van der Waals surface area contributed by atoms with E-state index in [0.29, 0.717) is 52.2 Å². The third kappa shape index (κ3) is 11.4. The van der Waals surface area contributed by atoms with E-state index in [0.717, 1.165) is 41.8 Å². The van der Waals surface area contributed by atoms with Crippen molar-refractivity contribution in [2.75, 3.05) is 33.4 Å². The molecule has 0 unspecified atom stereocenters. The lowest BCUT2D eigenvalue weighted by molar-refractivity contribution is -0.141. The van der Waals surface area contributed by atoms with Gasteiger partial charge in [-0.3, -0.25) is 9.59 Å². The summed E-state index contributed by atoms with van der Waals surface area (Å²) < 4.78 is 13.1. The van der Waals surface area contributed by atoms with Crippen LogP contribution in [0.25, 0.3) is 0 Å². The van der Waals surface area contributed by atoms with Crippen molar-refractivity contribution in [3.05, 3.63) is 89.7 Å². The molecule has 3 rings (SSSR count). The van der Waals surface area contributed by atoms with Gasteiger partial charge in [-0.25, -0.2) is 0 Å². The number of rotatable bonds is 20. The number of ether oxygens (including phenoxy) is 2. The lowest BCUT2D eigenvalue weighted by Crippen LogP contribution is -2.43. The molecule has 0 aliphatic heterocycles. The minimum atomic E-state index is -0.0521. The zero-order valence-corrected chi connectivity index (χ0v) is 25.8. The van der Waals surface area contributed by atoms with Gasteiger partial charge in [-0.15, -0.1) is 0 Å². The molecule has 0 N–H and O–H groups in total. The highest BCUT2D eigenvalue weighted by Gasteiger charge is 2.22. The largest absolute Gasteiger partial charge is 0.497 e. The molecule has 7 heteroatoms. The Morgan fingerprint density at radius 2 is 1.57 bits per heavy atom. The molecule has 0 atom stereocenters. The second-order valence-corrected chi connectivity index (χ2v) is 10.7. The Labute approximate surface area is 252 Å². The summed E-state index contributed by atoms with van der Waals surface area (Å²) in [6.07, 6.45) is 8.66. The van der Waals surface area contributed by atoms with E-state index in [-0.39, 0.29) is 18.4 Å². The number of unbranched alkanes of at least 4 members (excludes halogenated alkanes) is 4. The summed E-state index contributed by atoms with van der Waals surface area (Å²) in [5.74, 6) is 0.822. The lowest BCUT2D eigenvalue weighted by Gasteiger charge is -2.28. The van der Waals surface area contributed by atoms with Crippen LogP contribution in [0, 0.1) is 0 Å². The molecule has 0 fully saturated rings. The van der Waals surface area contributed by atoms with E-state index in [1.807, 2.05) is 72.6 Å². The van der Waals surface area contributed by atoms with E-state index in [4.69, 9.17) is 9.47 Å². The molecule has 1 heterocycles. The number of nitrogens with zero attached hydrogens (tertiary/aromatic N) is 3. The Morgan fingerprint density at radius 1 is 0.786 bits per heavy atom. The topological polar surface area (TPSA) is 64.0 Å². The van der Waals surface area contributed by atoms with Gasteiger partial charge in [0.25, 0.3) is 0 Å². The van der Waals surface area contributed by atoms with Crippen molar-refractivity contribution in [1.82, 2.24) is 14.4 Å². The molecule has 42 heavy (non-hydrogen) atoms. The number of carbonyl (C=O) groups is 2. The highest BCUT2D eigenvalue weighted by atomic mass is 16.5. The van der Waals surface area contributed by atoms with E-state index in [2.05, 4.69) is 23.6 Å². The summed E-state index contributed by atoms with van der Waals surface area (Å²) in [5, 5.41) is 0. The summed E-state index contributed by atoms with van der Waals surface area (Å²) in [5.41, 5.74) is 3.21. The minimum Gasteiger partial charge on any atom is -0.497 e. The Morgan fingerprint density at radius 3 is 2.33 bits per heavy atom. The van der Waals surface area contributed by atoms with Crippen LogP contribution in [0.15, 0.2) is 72.9 Å². The van der Waals surface area contributed by atoms with Gasteiger partial charge in [0.05, 0.1) is 20.2 Å². The summed E-state index contributed by atoms with van der Waals surface area (Å²) in [7, 11) is 1.67. The number of carbonyl (C=O) groups excluding carboxylic acids is 2. The molecule has 2 amide bonds. The number of hydrogen-bond acceptors (Lipinski definition) is 4. The zero-order valence-electron chi connectivity index (χ0n) is 25.8. The van der Waals surface area contributed by atoms with E-state index >= 15 is 0 Å². The van der Waals surface area contributed by atoms with E-state index < -0.39 is 0 Å². The van der Waals surface area contributed by atoms with Crippen molar-refractivity contribution >= 4 is 11.8 Å². The molecule has 0 bridgehead atoms. The molecular formula is C35H49N3O4. The van der Waals surface area contributed by atoms with Crippen LogP contribution in [0.4, 0.5) is 0 Å². The number of methoxy groups -OCH3 is 1. The van der Waals surface area contributed by atoms with Crippen molar-refractivity contribution in [3.63, 3.8) is 0 Å². The molecule has 1 aromatic heterocycles. The predicted octanol–water partition coefficient (Wildman–Crippen LogP) is 6.69. The van der Waals surface area contributed by atoms with Gasteiger partial charge in [0.2, 0.25) is 11.8 Å². The van der Waals surface area contributed by atoms with Gasteiger partial charge in [-0.2, -0.15) is 0 Å². The smallest absolute Gasteiger partial charge is 0.242 e. The number of benzene rings is 2. The van der Waals surface area contributed by atoms with Crippen LogP contribution in [0.2, 0.25) is 0 Å². The zero-order chi connectivity index (χ0) is 30.0. The van der Waals surface area contributed by atoms with Gasteiger partial charge in [0.1, 0.15) is 5.75 Å².